The maximum absolute atomic E-state index is 12.8. The summed E-state index contributed by atoms with van der Waals surface area (Å²) < 4.78 is 5.31. The zero-order chi connectivity index (χ0) is 27.1. The number of aryl methyl sites for hydroxylation is 2. The molecule has 0 aliphatic heterocycles. The van der Waals surface area contributed by atoms with Gasteiger partial charge >= 0.3 is 11.9 Å². The summed E-state index contributed by atoms with van der Waals surface area (Å²) in [4.78, 5) is 58.3. The second kappa shape index (κ2) is 11.9. The van der Waals surface area contributed by atoms with Gasteiger partial charge < -0.3 is 25.9 Å². The summed E-state index contributed by atoms with van der Waals surface area (Å²) in [5, 5.41) is 12.1. The summed E-state index contributed by atoms with van der Waals surface area (Å²) in [5.74, 6) is -2.26. The van der Waals surface area contributed by atoms with Crippen molar-refractivity contribution < 1.29 is 24.2 Å². The number of ether oxygens (including phenoxy) is 1. The summed E-state index contributed by atoms with van der Waals surface area (Å²) in [5.41, 5.74) is 8.51. The fourth-order valence-corrected chi connectivity index (χ4v) is 4.01. The first-order valence-electron chi connectivity index (χ1n) is 12.0. The van der Waals surface area contributed by atoms with Crippen molar-refractivity contribution in [3.05, 3.63) is 93.4 Å². The van der Waals surface area contributed by atoms with Crippen LogP contribution in [0.1, 0.15) is 39.9 Å². The highest BCUT2D eigenvalue weighted by molar-refractivity contribution is 5.96. The number of hydrogen-bond acceptors (Lipinski definition) is 7. The van der Waals surface area contributed by atoms with Gasteiger partial charge in [-0.3, -0.25) is 19.4 Å². The summed E-state index contributed by atoms with van der Waals surface area (Å²) in [6, 6.07) is 14.8. The predicted octanol–water partition coefficient (Wildman–Crippen LogP) is 2.33. The number of hydrogen-bond donors (Lipinski definition) is 5. The summed E-state index contributed by atoms with van der Waals surface area (Å²) >= 11 is 0. The summed E-state index contributed by atoms with van der Waals surface area (Å²) in [7, 11) is 0. The standard InChI is InChI=1S/C27H27N5O6/c28-27-31-23-22(25(36)32-27)19(14-29-23)11-8-16-6-9-18(10-7-16)24(35)30-20(12-13-21(33)34)26(37)38-15-17-4-2-1-3-5-17/h1-7,9-10,14,20H,8,11-13,15H2,(H,30,35)(H,33,34)(H4,28,29,31,32,36). The van der Waals surface area contributed by atoms with Crippen LogP contribution in [-0.4, -0.2) is 43.9 Å². The van der Waals surface area contributed by atoms with Crippen LogP contribution in [-0.2, 0) is 33.8 Å². The molecule has 11 heteroatoms. The molecule has 1 unspecified atom stereocenters. The number of rotatable bonds is 11. The largest absolute Gasteiger partial charge is 0.481 e. The fraction of sp³-hybridized carbons (Fsp3) is 0.222. The zero-order valence-electron chi connectivity index (χ0n) is 20.4. The van der Waals surface area contributed by atoms with Crippen LogP contribution >= 0.6 is 0 Å². The number of nitrogens with one attached hydrogen (secondary N) is 3. The van der Waals surface area contributed by atoms with Gasteiger partial charge in [-0.1, -0.05) is 42.5 Å². The Bertz CT molecular complexity index is 1490. The molecule has 196 valence electrons. The minimum Gasteiger partial charge on any atom is -0.481 e. The number of esters is 1. The van der Waals surface area contributed by atoms with Gasteiger partial charge in [0, 0.05) is 18.2 Å². The van der Waals surface area contributed by atoms with Crippen molar-refractivity contribution in [1.29, 1.82) is 0 Å². The molecule has 38 heavy (non-hydrogen) atoms. The van der Waals surface area contributed by atoms with Crippen molar-refractivity contribution in [3.8, 4) is 0 Å². The number of aliphatic carboxylic acids is 1. The van der Waals surface area contributed by atoms with Crippen molar-refractivity contribution in [1.82, 2.24) is 20.3 Å². The lowest BCUT2D eigenvalue weighted by Gasteiger charge is -2.17. The van der Waals surface area contributed by atoms with Crippen molar-refractivity contribution in [2.75, 3.05) is 5.73 Å². The minimum atomic E-state index is -1.11. The molecule has 0 spiro atoms. The number of aromatic amines is 2. The highest BCUT2D eigenvalue weighted by Crippen LogP contribution is 2.16. The van der Waals surface area contributed by atoms with Crippen LogP contribution in [0.15, 0.2) is 65.6 Å². The number of nitrogens with two attached hydrogens (primary N) is 1. The molecule has 0 aliphatic carbocycles. The first-order chi connectivity index (χ1) is 18.3. The highest BCUT2D eigenvalue weighted by Gasteiger charge is 2.24. The van der Waals surface area contributed by atoms with Crippen LogP contribution in [0.2, 0.25) is 0 Å². The van der Waals surface area contributed by atoms with Crippen LogP contribution in [0.3, 0.4) is 0 Å². The Labute approximate surface area is 217 Å². The lowest BCUT2D eigenvalue weighted by Crippen LogP contribution is -2.42. The van der Waals surface area contributed by atoms with Crippen molar-refractivity contribution in [2.24, 2.45) is 0 Å². The zero-order valence-corrected chi connectivity index (χ0v) is 20.4. The van der Waals surface area contributed by atoms with E-state index in [1.807, 2.05) is 18.2 Å². The van der Waals surface area contributed by atoms with Gasteiger partial charge in [-0.2, -0.15) is 4.98 Å². The number of amides is 1. The van der Waals surface area contributed by atoms with E-state index < -0.39 is 23.9 Å². The first kappa shape index (κ1) is 26.1. The lowest BCUT2D eigenvalue weighted by molar-refractivity contribution is -0.147. The average molecular weight is 518 g/mol. The third-order valence-electron chi connectivity index (χ3n) is 6.00. The van der Waals surface area contributed by atoms with E-state index in [2.05, 4.69) is 20.3 Å². The summed E-state index contributed by atoms with van der Waals surface area (Å²) in [6.07, 6.45) is 2.49. The second-order valence-corrected chi connectivity index (χ2v) is 8.74. The Hall–Kier alpha value is -4.93. The van der Waals surface area contributed by atoms with E-state index >= 15 is 0 Å². The molecule has 0 aliphatic rings. The van der Waals surface area contributed by atoms with Gasteiger partial charge in [-0.05, 0) is 48.1 Å². The number of carbonyl (C=O) groups excluding carboxylic acids is 2. The quantitative estimate of drug-likeness (QED) is 0.188. The summed E-state index contributed by atoms with van der Waals surface area (Å²) in [6.45, 7) is 0.0134. The number of carboxylic acids is 1. The van der Waals surface area contributed by atoms with Gasteiger partial charge in [0.2, 0.25) is 5.95 Å². The van der Waals surface area contributed by atoms with Crippen molar-refractivity contribution >= 4 is 34.8 Å². The Balaban J connectivity index is 1.37. The Morgan fingerprint density at radius 3 is 2.47 bits per heavy atom. The van der Waals surface area contributed by atoms with E-state index in [1.165, 1.54) is 0 Å². The van der Waals surface area contributed by atoms with Gasteiger partial charge in [0.15, 0.2) is 0 Å². The first-order valence-corrected chi connectivity index (χ1v) is 12.0. The maximum Gasteiger partial charge on any atom is 0.328 e. The van der Waals surface area contributed by atoms with Gasteiger partial charge in [0.05, 0.1) is 5.39 Å². The Morgan fingerprint density at radius 2 is 1.76 bits per heavy atom. The fourth-order valence-electron chi connectivity index (χ4n) is 4.01. The van der Waals surface area contributed by atoms with Crippen LogP contribution in [0.5, 0.6) is 0 Å². The van der Waals surface area contributed by atoms with Crippen LogP contribution in [0, 0.1) is 0 Å². The number of nitrogen functional groups attached to an aromatic ring is 1. The number of carboxylic acid groups (broad SMARTS) is 1. The smallest absolute Gasteiger partial charge is 0.328 e. The number of fused-ring (bicyclic) bond motifs is 1. The molecule has 6 N–H and O–H groups in total. The van der Waals surface area contributed by atoms with Crippen LogP contribution < -0.4 is 16.6 Å². The van der Waals surface area contributed by atoms with E-state index in [4.69, 9.17) is 15.6 Å². The molecule has 11 nitrogen and oxygen atoms in total. The van der Waals surface area contributed by atoms with E-state index in [0.717, 1.165) is 16.7 Å². The number of H-pyrrole nitrogens is 2. The van der Waals surface area contributed by atoms with Gasteiger partial charge in [0.1, 0.15) is 18.3 Å². The molecule has 2 aromatic carbocycles. The van der Waals surface area contributed by atoms with Gasteiger partial charge in [-0.15, -0.1) is 0 Å². The third-order valence-corrected chi connectivity index (χ3v) is 6.00. The monoisotopic (exact) mass is 517 g/mol. The number of nitrogens with zero attached hydrogens (tertiary/aromatic N) is 1. The molecule has 1 atom stereocenters. The van der Waals surface area contributed by atoms with Crippen LogP contribution in [0.4, 0.5) is 5.95 Å². The molecule has 0 radical (unpaired) electrons. The second-order valence-electron chi connectivity index (χ2n) is 8.74. The number of benzene rings is 2. The van der Waals surface area contributed by atoms with Gasteiger partial charge in [0.25, 0.3) is 11.5 Å². The van der Waals surface area contributed by atoms with E-state index in [9.17, 15) is 19.2 Å². The number of anilines is 1. The lowest BCUT2D eigenvalue weighted by atomic mass is 10.0. The van der Waals surface area contributed by atoms with Crippen molar-refractivity contribution in [2.45, 2.75) is 38.3 Å². The normalized spacial score (nSPS) is 11.7. The predicted molar refractivity (Wildman–Crippen MR) is 139 cm³/mol. The molecular formula is C27H27N5O6. The molecule has 4 rings (SSSR count). The van der Waals surface area contributed by atoms with E-state index in [-0.39, 0.29) is 31.0 Å². The number of carbonyl (C=O) groups is 3. The Kier molecular flexibility index (Phi) is 8.17. The number of aromatic nitrogens is 3. The SMILES string of the molecule is Nc1nc2[nH]cc(CCc3ccc(C(=O)NC(CCC(=O)O)C(=O)OCc4ccccc4)cc3)c2c(=O)[nH]1. The van der Waals surface area contributed by atoms with E-state index in [1.54, 1.807) is 42.6 Å². The third kappa shape index (κ3) is 6.64. The van der Waals surface area contributed by atoms with E-state index in [0.29, 0.717) is 29.4 Å². The molecule has 0 bridgehead atoms. The highest BCUT2D eigenvalue weighted by atomic mass is 16.5. The molecule has 4 aromatic rings. The Morgan fingerprint density at radius 1 is 1.03 bits per heavy atom. The molecule has 0 saturated carbocycles. The van der Waals surface area contributed by atoms with Crippen molar-refractivity contribution in [3.63, 3.8) is 0 Å². The van der Waals surface area contributed by atoms with Crippen LogP contribution in [0.25, 0.3) is 11.0 Å². The van der Waals surface area contributed by atoms with Gasteiger partial charge in [-0.25, -0.2) is 4.79 Å². The maximum atomic E-state index is 12.8. The minimum absolute atomic E-state index is 0.0134. The molecule has 0 fully saturated rings. The molecule has 0 saturated heterocycles. The molecular weight excluding hydrogens is 490 g/mol. The molecule has 1 amide bonds. The molecule has 2 heterocycles. The molecule has 2 aromatic heterocycles. The average Bonchev–Trinajstić information content (AvgIpc) is 3.32. The topological polar surface area (TPSA) is 180 Å².